The average molecular weight is 308 g/mol. The lowest BCUT2D eigenvalue weighted by atomic mass is 10.0. The molecule has 3 unspecified atom stereocenters. The molecule has 1 aliphatic heterocycles. The molecule has 0 radical (unpaired) electrons. The molecule has 116 valence electrons. The van der Waals surface area contributed by atoms with Crippen LogP contribution in [0.15, 0.2) is 29.2 Å². The molecule has 1 amide bonds. The number of hydrogen-bond donors (Lipinski definition) is 2. The van der Waals surface area contributed by atoms with Crippen molar-refractivity contribution in [1.82, 2.24) is 10.6 Å². The standard InChI is InChI=1S/C16H24N2O2S/c1-4-17-15-10-20-9-14(15)16(19)18-11(2)12-5-7-13(21-3)8-6-12/h5-8,11,14-15,17H,4,9-10H2,1-3H3,(H,18,19). The molecule has 0 aliphatic carbocycles. The Labute approximate surface area is 131 Å². The second-order valence-corrected chi connectivity index (χ2v) is 6.19. The van der Waals surface area contributed by atoms with Gasteiger partial charge in [0, 0.05) is 10.9 Å². The molecule has 0 spiro atoms. The summed E-state index contributed by atoms with van der Waals surface area (Å²) in [6.45, 7) is 6.03. The zero-order valence-electron chi connectivity index (χ0n) is 12.9. The maximum Gasteiger partial charge on any atom is 0.227 e. The van der Waals surface area contributed by atoms with Crippen molar-refractivity contribution in [2.24, 2.45) is 5.92 Å². The van der Waals surface area contributed by atoms with Crippen LogP contribution in [0.4, 0.5) is 0 Å². The number of thioether (sulfide) groups is 1. The summed E-state index contributed by atoms with van der Waals surface area (Å²) < 4.78 is 5.43. The number of ether oxygens (including phenoxy) is 1. The summed E-state index contributed by atoms with van der Waals surface area (Å²) in [6.07, 6.45) is 2.06. The van der Waals surface area contributed by atoms with E-state index in [1.165, 1.54) is 4.90 Å². The number of carbonyl (C=O) groups excluding carboxylic acids is 1. The lowest BCUT2D eigenvalue weighted by Gasteiger charge is -2.21. The van der Waals surface area contributed by atoms with E-state index in [2.05, 4.69) is 41.2 Å². The maximum atomic E-state index is 12.4. The molecular weight excluding hydrogens is 284 g/mol. The minimum Gasteiger partial charge on any atom is -0.379 e. The molecule has 1 saturated heterocycles. The van der Waals surface area contributed by atoms with E-state index in [1.54, 1.807) is 11.8 Å². The van der Waals surface area contributed by atoms with E-state index in [4.69, 9.17) is 4.74 Å². The van der Waals surface area contributed by atoms with Crippen molar-refractivity contribution < 1.29 is 9.53 Å². The normalized spacial score (nSPS) is 23.0. The van der Waals surface area contributed by atoms with E-state index in [0.717, 1.165) is 12.1 Å². The van der Waals surface area contributed by atoms with Gasteiger partial charge in [0.2, 0.25) is 5.91 Å². The number of benzene rings is 1. The van der Waals surface area contributed by atoms with Gasteiger partial charge in [0.1, 0.15) is 0 Å². The van der Waals surface area contributed by atoms with Crippen LogP contribution >= 0.6 is 11.8 Å². The van der Waals surface area contributed by atoms with Crippen LogP contribution in [0.2, 0.25) is 0 Å². The highest BCUT2D eigenvalue weighted by Crippen LogP contribution is 2.20. The van der Waals surface area contributed by atoms with Crippen molar-refractivity contribution in [3.63, 3.8) is 0 Å². The van der Waals surface area contributed by atoms with Crippen LogP contribution in [0.5, 0.6) is 0 Å². The molecule has 21 heavy (non-hydrogen) atoms. The zero-order valence-corrected chi connectivity index (χ0v) is 13.7. The summed E-state index contributed by atoms with van der Waals surface area (Å²) in [5.74, 6) is -0.0298. The summed E-state index contributed by atoms with van der Waals surface area (Å²) in [7, 11) is 0. The minimum atomic E-state index is -0.0992. The Bertz CT molecular complexity index is 464. The third-order valence-corrected chi connectivity index (χ3v) is 4.60. The quantitative estimate of drug-likeness (QED) is 0.791. The topological polar surface area (TPSA) is 50.4 Å². The van der Waals surface area contributed by atoms with Crippen LogP contribution in [-0.2, 0) is 9.53 Å². The monoisotopic (exact) mass is 308 g/mol. The van der Waals surface area contributed by atoms with E-state index < -0.39 is 0 Å². The van der Waals surface area contributed by atoms with Crippen molar-refractivity contribution in [3.8, 4) is 0 Å². The van der Waals surface area contributed by atoms with Crippen molar-refractivity contribution in [2.45, 2.75) is 30.8 Å². The molecule has 0 aromatic heterocycles. The Balaban J connectivity index is 1.94. The van der Waals surface area contributed by atoms with Gasteiger partial charge in [-0.2, -0.15) is 0 Å². The first-order valence-corrected chi connectivity index (χ1v) is 8.63. The third kappa shape index (κ3) is 4.22. The molecule has 1 fully saturated rings. The largest absolute Gasteiger partial charge is 0.379 e. The Kier molecular flexibility index (Phi) is 6.08. The molecule has 2 rings (SSSR count). The van der Waals surface area contributed by atoms with Crippen molar-refractivity contribution in [3.05, 3.63) is 29.8 Å². The van der Waals surface area contributed by atoms with Crippen molar-refractivity contribution in [2.75, 3.05) is 26.0 Å². The van der Waals surface area contributed by atoms with E-state index in [-0.39, 0.29) is 23.9 Å². The van der Waals surface area contributed by atoms with Crippen LogP contribution in [0.25, 0.3) is 0 Å². The van der Waals surface area contributed by atoms with E-state index in [1.807, 2.05) is 13.8 Å². The Hall–Kier alpha value is -1.04. The van der Waals surface area contributed by atoms with Gasteiger partial charge in [-0.1, -0.05) is 19.1 Å². The van der Waals surface area contributed by atoms with E-state index >= 15 is 0 Å². The minimum absolute atomic E-state index is 0.0104. The van der Waals surface area contributed by atoms with Crippen LogP contribution < -0.4 is 10.6 Å². The van der Waals surface area contributed by atoms with Gasteiger partial charge in [0.05, 0.1) is 25.2 Å². The Morgan fingerprint density at radius 2 is 2.10 bits per heavy atom. The SMILES string of the molecule is CCNC1COCC1C(=O)NC(C)c1ccc(SC)cc1. The summed E-state index contributed by atoms with van der Waals surface area (Å²) in [6, 6.07) is 8.45. The number of amides is 1. The number of hydrogen-bond acceptors (Lipinski definition) is 4. The lowest BCUT2D eigenvalue weighted by Crippen LogP contribution is -2.44. The molecule has 0 saturated carbocycles. The number of rotatable bonds is 6. The van der Waals surface area contributed by atoms with Crippen LogP contribution in [-0.4, -0.2) is 38.0 Å². The number of likely N-dealkylation sites (N-methyl/N-ethyl adjacent to an activating group) is 1. The number of nitrogens with one attached hydrogen (secondary N) is 2. The fraction of sp³-hybridized carbons (Fsp3) is 0.562. The summed E-state index contributed by atoms with van der Waals surface area (Å²) in [5, 5.41) is 6.41. The summed E-state index contributed by atoms with van der Waals surface area (Å²) in [5.41, 5.74) is 1.13. The van der Waals surface area contributed by atoms with Crippen molar-refractivity contribution in [1.29, 1.82) is 0 Å². The van der Waals surface area contributed by atoms with Crippen LogP contribution in [0, 0.1) is 5.92 Å². The van der Waals surface area contributed by atoms with Gasteiger partial charge in [-0.3, -0.25) is 4.79 Å². The first-order valence-electron chi connectivity index (χ1n) is 7.41. The van der Waals surface area contributed by atoms with Gasteiger partial charge in [-0.25, -0.2) is 0 Å². The molecule has 0 bridgehead atoms. The molecule has 1 heterocycles. The molecule has 1 aromatic rings. The van der Waals surface area contributed by atoms with Crippen LogP contribution in [0.3, 0.4) is 0 Å². The molecule has 5 heteroatoms. The molecule has 1 aliphatic rings. The molecule has 4 nitrogen and oxygen atoms in total. The highest BCUT2D eigenvalue weighted by atomic mass is 32.2. The van der Waals surface area contributed by atoms with Gasteiger partial charge in [0.15, 0.2) is 0 Å². The molecule has 2 N–H and O–H groups in total. The first kappa shape index (κ1) is 16.3. The third-order valence-electron chi connectivity index (χ3n) is 3.86. The average Bonchev–Trinajstić information content (AvgIpc) is 2.96. The Morgan fingerprint density at radius 1 is 1.38 bits per heavy atom. The zero-order chi connectivity index (χ0) is 15.2. The Morgan fingerprint density at radius 3 is 2.71 bits per heavy atom. The highest BCUT2D eigenvalue weighted by molar-refractivity contribution is 7.98. The fourth-order valence-corrected chi connectivity index (χ4v) is 2.98. The first-order chi connectivity index (χ1) is 10.2. The molecular formula is C16H24N2O2S. The second kappa shape index (κ2) is 7.82. The highest BCUT2D eigenvalue weighted by Gasteiger charge is 2.33. The predicted octanol–water partition coefficient (Wildman–Crippen LogP) is 2.21. The predicted molar refractivity (Wildman–Crippen MR) is 86.6 cm³/mol. The maximum absolute atomic E-state index is 12.4. The molecule has 1 aromatic carbocycles. The van der Waals surface area contributed by atoms with Crippen molar-refractivity contribution >= 4 is 17.7 Å². The van der Waals surface area contributed by atoms with Gasteiger partial charge >= 0.3 is 0 Å². The smallest absolute Gasteiger partial charge is 0.227 e. The summed E-state index contributed by atoms with van der Waals surface area (Å²) in [4.78, 5) is 13.6. The summed E-state index contributed by atoms with van der Waals surface area (Å²) >= 11 is 1.72. The molecule has 3 atom stereocenters. The lowest BCUT2D eigenvalue weighted by molar-refractivity contribution is -0.126. The van der Waals surface area contributed by atoms with E-state index in [9.17, 15) is 4.79 Å². The van der Waals surface area contributed by atoms with Crippen LogP contribution in [0.1, 0.15) is 25.5 Å². The van der Waals surface area contributed by atoms with Gasteiger partial charge in [-0.15, -0.1) is 11.8 Å². The van der Waals surface area contributed by atoms with Gasteiger partial charge in [0.25, 0.3) is 0 Å². The van der Waals surface area contributed by atoms with Gasteiger partial charge in [-0.05, 0) is 37.4 Å². The van der Waals surface area contributed by atoms with E-state index in [0.29, 0.717) is 13.2 Å². The number of carbonyl (C=O) groups is 1. The fourth-order valence-electron chi connectivity index (χ4n) is 2.57. The second-order valence-electron chi connectivity index (χ2n) is 5.31. The van der Waals surface area contributed by atoms with Gasteiger partial charge < -0.3 is 15.4 Å².